The average Bonchev–Trinajstić information content (AvgIpc) is 2.68. The smallest absolute Gasteiger partial charge is 0.338 e. The molecule has 13 heteroatoms. The lowest BCUT2D eigenvalue weighted by Crippen LogP contribution is -2.12. The molecular formula is C16H5F9N2O2. The number of azo groups is 1. The zero-order valence-electron chi connectivity index (χ0n) is 13.8. The lowest BCUT2D eigenvalue weighted by Gasteiger charge is -2.09. The molecule has 2 rings (SSSR count). The van der Waals surface area contributed by atoms with E-state index in [-0.39, 0.29) is 5.57 Å². The van der Waals surface area contributed by atoms with E-state index >= 15 is 0 Å². The van der Waals surface area contributed by atoms with Crippen LogP contribution < -0.4 is 4.74 Å². The van der Waals surface area contributed by atoms with Gasteiger partial charge in [-0.15, -0.1) is 10.2 Å². The first kappa shape index (κ1) is 21.9. The first-order valence-corrected chi connectivity index (χ1v) is 7.06. The number of ether oxygens (including phenoxy) is 1. The van der Waals surface area contributed by atoms with Crippen LogP contribution in [0.3, 0.4) is 0 Å². The number of carbonyl (C=O) groups excluding carboxylic acids is 1. The van der Waals surface area contributed by atoms with Crippen LogP contribution in [0.1, 0.15) is 6.92 Å². The van der Waals surface area contributed by atoms with Gasteiger partial charge >= 0.3 is 5.97 Å². The van der Waals surface area contributed by atoms with E-state index in [1.165, 1.54) is 0 Å². The minimum atomic E-state index is -2.54. The molecule has 0 spiro atoms. The Morgan fingerprint density at radius 1 is 0.655 bits per heavy atom. The molecule has 0 bridgehead atoms. The van der Waals surface area contributed by atoms with Crippen molar-refractivity contribution in [3.05, 3.63) is 64.5 Å². The minimum absolute atomic E-state index is 0.389. The second-order valence-corrected chi connectivity index (χ2v) is 5.22. The summed E-state index contributed by atoms with van der Waals surface area (Å²) in [6.07, 6.45) is 0. The van der Waals surface area contributed by atoms with Gasteiger partial charge in [-0.2, -0.15) is 8.78 Å². The van der Waals surface area contributed by atoms with Gasteiger partial charge in [-0.1, -0.05) is 6.58 Å². The highest BCUT2D eigenvalue weighted by molar-refractivity contribution is 5.88. The largest absolute Gasteiger partial charge is 0.417 e. The van der Waals surface area contributed by atoms with Gasteiger partial charge < -0.3 is 4.74 Å². The number of nitrogens with zero attached hydrogens (tertiary/aromatic N) is 2. The van der Waals surface area contributed by atoms with Crippen molar-refractivity contribution < 1.29 is 49.0 Å². The SMILES string of the molecule is C=C(C)C(=O)Oc1c(F)c(F)c(N=Nc2c(F)c(F)c(F)c(F)c2F)c(F)c1F. The topological polar surface area (TPSA) is 51.0 Å². The molecule has 0 aliphatic carbocycles. The van der Waals surface area contributed by atoms with Crippen molar-refractivity contribution in [2.24, 2.45) is 10.2 Å². The molecule has 0 aromatic heterocycles. The third-order valence-electron chi connectivity index (χ3n) is 3.18. The summed E-state index contributed by atoms with van der Waals surface area (Å²) in [5.74, 6) is -25.0. The molecule has 154 valence electrons. The second kappa shape index (κ2) is 7.93. The molecule has 4 nitrogen and oxygen atoms in total. The maximum atomic E-state index is 13.9. The van der Waals surface area contributed by atoms with Crippen molar-refractivity contribution in [2.75, 3.05) is 0 Å². The van der Waals surface area contributed by atoms with Gasteiger partial charge in [-0.05, 0) is 6.92 Å². The highest BCUT2D eigenvalue weighted by Crippen LogP contribution is 2.37. The summed E-state index contributed by atoms with van der Waals surface area (Å²) in [4.78, 5) is 11.3. The van der Waals surface area contributed by atoms with Crippen LogP contribution in [0.15, 0.2) is 22.4 Å². The molecule has 0 heterocycles. The van der Waals surface area contributed by atoms with Crippen molar-refractivity contribution in [2.45, 2.75) is 6.92 Å². The average molecular weight is 428 g/mol. The number of hydrogen-bond donors (Lipinski definition) is 0. The normalized spacial score (nSPS) is 11.2. The Balaban J connectivity index is 2.62. The summed E-state index contributed by atoms with van der Waals surface area (Å²) in [7, 11) is 0. The highest BCUT2D eigenvalue weighted by Gasteiger charge is 2.30. The summed E-state index contributed by atoms with van der Waals surface area (Å²) in [6, 6.07) is 0. The number of rotatable bonds is 4. The molecule has 0 fully saturated rings. The van der Waals surface area contributed by atoms with Crippen LogP contribution >= 0.6 is 0 Å². The van der Waals surface area contributed by atoms with Crippen LogP contribution in [0.4, 0.5) is 50.9 Å². The van der Waals surface area contributed by atoms with E-state index in [0.717, 1.165) is 6.92 Å². The minimum Gasteiger partial charge on any atom is -0.417 e. The Morgan fingerprint density at radius 2 is 0.966 bits per heavy atom. The molecule has 0 atom stereocenters. The molecule has 0 aliphatic heterocycles. The Kier molecular flexibility index (Phi) is 5.99. The third-order valence-corrected chi connectivity index (χ3v) is 3.18. The second-order valence-electron chi connectivity index (χ2n) is 5.22. The lowest BCUT2D eigenvalue weighted by atomic mass is 10.2. The molecule has 0 saturated carbocycles. The summed E-state index contributed by atoms with van der Waals surface area (Å²) >= 11 is 0. The zero-order valence-corrected chi connectivity index (χ0v) is 13.8. The number of halogens is 9. The summed E-state index contributed by atoms with van der Waals surface area (Å²) < 4.78 is 126. The van der Waals surface area contributed by atoms with Crippen LogP contribution in [0.25, 0.3) is 0 Å². The maximum Gasteiger partial charge on any atom is 0.338 e. The predicted molar refractivity (Wildman–Crippen MR) is 77.1 cm³/mol. The van der Waals surface area contributed by atoms with Gasteiger partial charge in [0.25, 0.3) is 0 Å². The predicted octanol–water partition coefficient (Wildman–Crippen LogP) is 5.84. The van der Waals surface area contributed by atoms with Crippen molar-refractivity contribution in [3.63, 3.8) is 0 Å². The first-order chi connectivity index (χ1) is 13.4. The van der Waals surface area contributed by atoms with Crippen molar-refractivity contribution in [3.8, 4) is 5.75 Å². The molecule has 29 heavy (non-hydrogen) atoms. The van der Waals surface area contributed by atoms with Gasteiger partial charge in [0.2, 0.25) is 23.2 Å². The van der Waals surface area contributed by atoms with Gasteiger partial charge in [0.05, 0.1) is 0 Å². The van der Waals surface area contributed by atoms with Crippen molar-refractivity contribution in [1.82, 2.24) is 0 Å². The van der Waals surface area contributed by atoms with Crippen molar-refractivity contribution in [1.29, 1.82) is 0 Å². The quantitative estimate of drug-likeness (QED) is 0.117. The molecule has 0 aliphatic rings. The Morgan fingerprint density at radius 3 is 1.31 bits per heavy atom. The fraction of sp³-hybridized carbons (Fsp3) is 0.0625. The summed E-state index contributed by atoms with van der Waals surface area (Å²) in [6.45, 7) is 4.13. The molecule has 0 saturated heterocycles. The molecular weight excluding hydrogens is 423 g/mol. The fourth-order valence-corrected chi connectivity index (χ4v) is 1.74. The molecule has 0 N–H and O–H groups in total. The Hall–Kier alpha value is -3.38. The molecule has 0 unspecified atom stereocenters. The summed E-state index contributed by atoms with van der Waals surface area (Å²) in [5, 5.41) is 4.94. The first-order valence-electron chi connectivity index (χ1n) is 7.06. The van der Waals surface area contributed by atoms with E-state index in [1.807, 2.05) is 0 Å². The summed E-state index contributed by atoms with van der Waals surface area (Å²) in [5.41, 5.74) is -4.29. The van der Waals surface area contributed by atoms with Gasteiger partial charge in [0.15, 0.2) is 46.3 Å². The third kappa shape index (κ3) is 3.79. The molecule has 2 aromatic rings. The van der Waals surface area contributed by atoms with Crippen LogP contribution in [0.2, 0.25) is 0 Å². The fourth-order valence-electron chi connectivity index (χ4n) is 1.74. The maximum absolute atomic E-state index is 13.9. The van der Waals surface area contributed by atoms with Crippen LogP contribution in [0.5, 0.6) is 5.75 Å². The number of esters is 1. The van der Waals surface area contributed by atoms with Gasteiger partial charge in [-0.25, -0.2) is 35.5 Å². The standard InChI is InChI=1S/C16H5F9N2O2/c1-3(2)16(28)29-15-11(24)9(22)14(10(23)12(15)25)27-26-13-7(20)5(18)4(17)6(19)8(13)21/h1H2,2H3. The lowest BCUT2D eigenvalue weighted by molar-refractivity contribution is -0.130. The van der Waals surface area contributed by atoms with Crippen molar-refractivity contribution >= 4 is 17.3 Å². The van der Waals surface area contributed by atoms with E-state index in [4.69, 9.17) is 0 Å². The number of benzene rings is 2. The number of hydrogen-bond acceptors (Lipinski definition) is 4. The van der Waals surface area contributed by atoms with Crippen LogP contribution in [-0.4, -0.2) is 5.97 Å². The van der Waals surface area contributed by atoms with Gasteiger partial charge in [0, 0.05) is 5.57 Å². The molecule has 0 radical (unpaired) electrons. The monoisotopic (exact) mass is 428 g/mol. The van der Waals surface area contributed by atoms with E-state index < -0.39 is 75.4 Å². The Labute approximate surface area is 154 Å². The zero-order chi connectivity index (χ0) is 22.2. The number of carbonyl (C=O) groups is 1. The Bertz CT molecular complexity index is 1030. The molecule has 0 amide bonds. The van der Waals surface area contributed by atoms with E-state index in [9.17, 15) is 44.3 Å². The van der Waals surface area contributed by atoms with Gasteiger partial charge in [0.1, 0.15) is 0 Å². The highest BCUT2D eigenvalue weighted by atomic mass is 19.2. The van der Waals surface area contributed by atoms with E-state index in [0.29, 0.717) is 0 Å². The van der Waals surface area contributed by atoms with Crippen LogP contribution in [-0.2, 0) is 4.79 Å². The molecule has 2 aromatic carbocycles. The van der Waals surface area contributed by atoms with Gasteiger partial charge in [-0.3, -0.25) is 0 Å². The van der Waals surface area contributed by atoms with Crippen LogP contribution in [0, 0.1) is 52.4 Å². The van der Waals surface area contributed by atoms with E-state index in [2.05, 4.69) is 21.5 Å². The van der Waals surface area contributed by atoms with E-state index in [1.54, 1.807) is 0 Å².